The van der Waals surface area contributed by atoms with Gasteiger partial charge in [-0.05, 0) is 32.6 Å². The molecule has 0 aromatic rings. The summed E-state index contributed by atoms with van der Waals surface area (Å²) in [6, 6.07) is 0. The van der Waals surface area contributed by atoms with Crippen LogP contribution in [0, 0.1) is 6.58 Å². The first-order valence-corrected chi connectivity index (χ1v) is 4.21. The number of rotatable bonds is 6. The fraction of sp³-hybridized carbons (Fsp3) is 0.455. The van der Waals surface area contributed by atoms with E-state index in [9.17, 15) is 0 Å². The van der Waals surface area contributed by atoms with Gasteiger partial charge in [0, 0.05) is 0 Å². The van der Waals surface area contributed by atoms with E-state index in [2.05, 4.69) is 24.3 Å². The third-order valence-corrected chi connectivity index (χ3v) is 1.40. The van der Waals surface area contributed by atoms with Gasteiger partial charge in [-0.25, -0.2) is 0 Å². The maximum atomic E-state index is 5.22. The number of unbranched alkanes of at least 4 members (excludes halogenated alkanes) is 2. The van der Waals surface area contributed by atoms with Crippen LogP contribution in [-0.4, -0.2) is 0 Å². The lowest BCUT2D eigenvalue weighted by molar-refractivity contribution is 1.00. The van der Waals surface area contributed by atoms with Gasteiger partial charge in [-0.2, -0.15) is 0 Å². The van der Waals surface area contributed by atoms with Crippen LogP contribution < -0.4 is 0 Å². The van der Waals surface area contributed by atoms with Crippen molar-refractivity contribution in [3.63, 3.8) is 0 Å². The van der Waals surface area contributed by atoms with Crippen LogP contribution in [0.5, 0.6) is 0 Å². The van der Waals surface area contributed by atoms with Crippen LogP contribution in [0.3, 0.4) is 0 Å². The first kappa shape index (κ1) is 10.2. The third kappa shape index (κ3) is 9.22. The molecule has 61 valence electrons. The molecule has 0 rings (SSSR count). The summed E-state index contributed by atoms with van der Waals surface area (Å²) in [4.78, 5) is 0. The van der Waals surface area contributed by atoms with Crippen molar-refractivity contribution in [2.75, 3.05) is 0 Å². The highest BCUT2D eigenvalue weighted by Crippen LogP contribution is 1.96. The molecule has 0 nitrogen and oxygen atoms in total. The topological polar surface area (TPSA) is 0 Å². The van der Waals surface area contributed by atoms with Crippen LogP contribution in [0.4, 0.5) is 0 Å². The van der Waals surface area contributed by atoms with E-state index in [1.54, 1.807) is 6.08 Å². The number of allylic oxidation sites excluding steroid dienone is 5. The zero-order valence-corrected chi connectivity index (χ0v) is 7.29. The Balaban J connectivity index is 3.09. The van der Waals surface area contributed by atoms with Crippen molar-refractivity contribution in [1.82, 2.24) is 0 Å². The molecule has 0 aromatic heterocycles. The van der Waals surface area contributed by atoms with Gasteiger partial charge in [-0.3, -0.25) is 0 Å². The highest BCUT2D eigenvalue weighted by atomic mass is 13.8. The monoisotopic (exact) mass is 149 g/mol. The maximum Gasteiger partial charge on any atom is -0.0313 e. The van der Waals surface area contributed by atoms with Crippen molar-refractivity contribution in [1.29, 1.82) is 0 Å². The second kappa shape index (κ2) is 9.22. The van der Waals surface area contributed by atoms with Gasteiger partial charge in [0.1, 0.15) is 0 Å². The van der Waals surface area contributed by atoms with Gasteiger partial charge < -0.3 is 0 Å². The van der Waals surface area contributed by atoms with Crippen molar-refractivity contribution in [2.45, 2.75) is 32.6 Å². The van der Waals surface area contributed by atoms with Crippen molar-refractivity contribution in [3.8, 4) is 0 Å². The smallest absolute Gasteiger partial charge is 0.0313 e. The highest BCUT2D eigenvalue weighted by molar-refractivity contribution is 4.87. The summed E-state index contributed by atoms with van der Waals surface area (Å²) < 4.78 is 0. The first-order chi connectivity index (χ1) is 5.41. The normalized spacial score (nSPS) is 11.4. The molecule has 0 heteroatoms. The molecule has 1 radical (unpaired) electrons. The summed E-state index contributed by atoms with van der Waals surface area (Å²) in [5.41, 5.74) is 0. The summed E-state index contributed by atoms with van der Waals surface area (Å²) in [6.45, 7) is 7.27. The average molecular weight is 149 g/mol. The summed E-state index contributed by atoms with van der Waals surface area (Å²) in [5, 5.41) is 0. The van der Waals surface area contributed by atoms with Crippen molar-refractivity contribution in [3.05, 3.63) is 37.0 Å². The molecule has 0 aliphatic heterocycles. The molecule has 0 fully saturated rings. The van der Waals surface area contributed by atoms with Crippen LogP contribution in [-0.2, 0) is 0 Å². The SMILES string of the molecule is [CH]=CCCC=CCCC=CC. The minimum atomic E-state index is 0.986. The van der Waals surface area contributed by atoms with E-state index < -0.39 is 0 Å². The predicted octanol–water partition coefficient (Wildman–Crippen LogP) is 3.67. The third-order valence-electron chi connectivity index (χ3n) is 1.40. The average Bonchev–Trinajstić information content (AvgIpc) is 2.03. The van der Waals surface area contributed by atoms with E-state index in [4.69, 9.17) is 6.58 Å². The van der Waals surface area contributed by atoms with Crippen LogP contribution in [0.2, 0.25) is 0 Å². The number of hydrogen-bond acceptors (Lipinski definition) is 0. The van der Waals surface area contributed by atoms with Gasteiger partial charge >= 0.3 is 0 Å². The number of hydrogen-bond donors (Lipinski definition) is 0. The van der Waals surface area contributed by atoms with E-state index in [0.29, 0.717) is 0 Å². The molecule has 0 aliphatic rings. The van der Waals surface area contributed by atoms with Crippen molar-refractivity contribution >= 4 is 0 Å². The fourth-order valence-corrected chi connectivity index (χ4v) is 0.787. The second-order valence-corrected chi connectivity index (χ2v) is 2.43. The molecule has 0 atom stereocenters. The molecule has 11 heavy (non-hydrogen) atoms. The van der Waals surface area contributed by atoms with Crippen LogP contribution in [0.25, 0.3) is 0 Å². The van der Waals surface area contributed by atoms with Gasteiger partial charge in [-0.1, -0.05) is 37.0 Å². The molecule has 0 heterocycles. The minimum absolute atomic E-state index is 0.986. The van der Waals surface area contributed by atoms with Gasteiger partial charge in [0.15, 0.2) is 0 Å². The van der Waals surface area contributed by atoms with Crippen molar-refractivity contribution < 1.29 is 0 Å². The van der Waals surface area contributed by atoms with Gasteiger partial charge in [-0.15, -0.1) is 0 Å². The molecule has 0 aliphatic carbocycles. The minimum Gasteiger partial charge on any atom is -0.0917 e. The van der Waals surface area contributed by atoms with Crippen molar-refractivity contribution in [2.24, 2.45) is 0 Å². The van der Waals surface area contributed by atoms with E-state index in [1.165, 1.54) is 0 Å². The van der Waals surface area contributed by atoms with Gasteiger partial charge in [0.2, 0.25) is 0 Å². The molecule has 0 bridgehead atoms. The zero-order valence-electron chi connectivity index (χ0n) is 7.29. The summed E-state index contributed by atoms with van der Waals surface area (Å²) in [5.74, 6) is 0. The van der Waals surface area contributed by atoms with Crippen LogP contribution in [0.1, 0.15) is 32.6 Å². The molecule has 0 N–H and O–H groups in total. The molecular formula is C11H17. The molecule has 0 aromatic carbocycles. The molecule has 0 saturated carbocycles. The van der Waals surface area contributed by atoms with E-state index in [0.717, 1.165) is 25.7 Å². The Labute approximate surface area is 70.3 Å². The summed E-state index contributed by atoms with van der Waals surface area (Å²) in [6.07, 6.45) is 14.7. The Bertz CT molecular complexity index is 129. The molecule has 0 spiro atoms. The Morgan fingerprint density at radius 1 is 0.909 bits per heavy atom. The van der Waals surface area contributed by atoms with Gasteiger partial charge in [0.25, 0.3) is 0 Å². The zero-order chi connectivity index (χ0) is 8.36. The quantitative estimate of drug-likeness (QED) is 0.399. The van der Waals surface area contributed by atoms with E-state index in [-0.39, 0.29) is 0 Å². The molecule has 0 amide bonds. The highest BCUT2D eigenvalue weighted by Gasteiger charge is 1.76. The largest absolute Gasteiger partial charge is 0.0917 e. The van der Waals surface area contributed by atoms with Crippen LogP contribution >= 0.6 is 0 Å². The lowest BCUT2D eigenvalue weighted by Crippen LogP contribution is -1.66. The standard InChI is InChI=1S/C11H17/c1-3-5-7-9-11-10-8-6-4-2/h1,3-4,6,9,11H,5,7-8,10H2,2H3. The van der Waals surface area contributed by atoms with E-state index >= 15 is 0 Å². The predicted molar refractivity (Wildman–Crippen MR) is 51.3 cm³/mol. The summed E-state index contributed by atoms with van der Waals surface area (Å²) >= 11 is 0. The molecule has 0 saturated heterocycles. The first-order valence-electron chi connectivity index (χ1n) is 4.21. The van der Waals surface area contributed by atoms with Gasteiger partial charge in [0.05, 0.1) is 0 Å². The van der Waals surface area contributed by atoms with Crippen LogP contribution in [0.15, 0.2) is 30.4 Å². The fourth-order valence-electron chi connectivity index (χ4n) is 0.787. The lowest BCUT2D eigenvalue weighted by Gasteiger charge is -1.86. The Hall–Kier alpha value is -0.780. The Morgan fingerprint density at radius 3 is 2.00 bits per heavy atom. The molecular weight excluding hydrogens is 132 g/mol. The Morgan fingerprint density at radius 2 is 1.45 bits per heavy atom. The lowest BCUT2D eigenvalue weighted by atomic mass is 10.2. The second-order valence-electron chi connectivity index (χ2n) is 2.43. The summed E-state index contributed by atoms with van der Waals surface area (Å²) in [7, 11) is 0. The Kier molecular flexibility index (Phi) is 8.57. The maximum absolute atomic E-state index is 5.22. The van der Waals surface area contributed by atoms with E-state index in [1.807, 2.05) is 6.92 Å². The molecule has 0 unspecified atom stereocenters.